The van der Waals surface area contributed by atoms with Crippen LogP contribution < -0.4 is 4.74 Å². The van der Waals surface area contributed by atoms with E-state index in [1.807, 2.05) is 0 Å². The van der Waals surface area contributed by atoms with E-state index in [0.717, 1.165) is 0 Å². The molecule has 0 spiro atoms. The molecule has 1 heterocycles. The highest BCUT2D eigenvalue weighted by molar-refractivity contribution is 5.75. The summed E-state index contributed by atoms with van der Waals surface area (Å²) in [5.41, 5.74) is 0.232. The van der Waals surface area contributed by atoms with Crippen LogP contribution in [-0.4, -0.2) is 41.0 Å². The van der Waals surface area contributed by atoms with E-state index in [1.165, 1.54) is 19.4 Å². The molecule has 6 heteroatoms. The minimum absolute atomic E-state index is 0.132. The van der Waals surface area contributed by atoms with Gasteiger partial charge in [0.05, 0.1) is 13.7 Å². The number of aromatic nitrogens is 1. The molecule has 0 saturated carbocycles. The summed E-state index contributed by atoms with van der Waals surface area (Å²) in [6.07, 6.45) is -1.61. The number of hydrogen-bond acceptors (Lipinski definition) is 6. The standard InChI is InChI=1S/C11H15NO5/c1-3-17-11(15)9(14)8(13)7-5-4-6-12-10(7)16-2/h4-6,8-9,13-14H,3H2,1-2H3. The number of pyridine rings is 1. The topological polar surface area (TPSA) is 88.9 Å². The van der Waals surface area contributed by atoms with Crippen LogP contribution in [0.25, 0.3) is 0 Å². The summed E-state index contributed by atoms with van der Waals surface area (Å²) in [4.78, 5) is 15.1. The van der Waals surface area contributed by atoms with Crippen molar-refractivity contribution in [3.05, 3.63) is 23.9 Å². The summed E-state index contributed by atoms with van der Waals surface area (Å²) in [6.45, 7) is 1.74. The van der Waals surface area contributed by atoms with E-state index in [0.29, 0.717) is 0 Å². The Morgan fingerprint density at radius 2 is 2.24 bits per heavy atom. The fourth-order valence-corrected chi connectivity index (χ4v) is 1.33. The van der Waals surface area contributed by atoms with Gasteiger partial charge in [-0.15, -0.1) is 0 Å². The van der Waals surface area contributed by atoms with Crippen molar-refractivity contribution < 1.29 is 24.5 Å². The number of methoxy groups -OCH3 is 1. The normalized spacial score (nSPS) is 13.9. The van der Waals surface area contributed by atoms with Gasteiger partial charge in [0.15, 0.2) is 6.10 Å². The second-order valence-electron chi connectivity index (χ2n) is 3.24. The van der Waals surface area contributed by atoms with Gasteiger partial charge in [-0.3, -0.25) is 0 Å². The molecule has 2 atom stereocenters. The molecule has 0 aliphatic heterocycles. The summed E-state index contributed by atoms with van der Waals surface area (Å²) in [7, 11) is 1.38. The second-order valence-corrected chi connectivity index (χ2v) is 3.24. The van der Waals surface area contributed by atoms with E-state index < -0.39 is 18.2 Å². The van der Waals surface area contributed by atoms with Crippen LogP contribution in [0.5, 0.6) is 5.88 Å². The molecule has 0 radical (unpaired) electrons. The molecule has 0 fully saturated rings. The molecular weight excluding hydrogens is 226 g/mol. The predicted octanol–water partition coefficient (Wildman–Crippen LogP) is 0.0476. The van der Waals surface area contributed by atoms with Crippen LogP contribution in [0.3, 0.4) is 0 Å². The highest BCUT2D eigenvalue weighted by Gasteiger charge is 2.29. The monoisotopic (exact) mass is 241 g/mol. The van der Waals surface area contributed by atoms with Gasteiger partial charge in [-0.1, -0.05) is 0 Å². The molecule has 94 valence electrons. The summed E-state index contributed by atoms with van der Waals surface area (Å²) in [5, 5.41) is 19.4. The zero-order valence-corrected chi connectivity index (χ0v) is 9.66. The summed E-state index contributed by atoms with van der Waals surface area (Å²) < 4.78 is 9.53. The van der Waals surface area contributed by atoms with Crippen LogP contribution in [0.1, 0.15) is 18.6 Å². The molecule has 2 unspecified atom stereocenters. The lowest BCUT2D eigenvalue weighted by Gasteiger charge is -2.17. The number of ether oxygens (including phenoxy) is 2. The van der Waals surface area contributed by atoms with Crippen molar-refractivity contribution in [3.8, 4) is 5.88 Å². The van der Waals surface area contributed by atoms with E-state index in [4.69, 9.17) is 4.74 Å². The Hall–Kier alpha value is -1.66. The third-order valence-electron chi connectivity index (χ3n) is 2.14. The zero-order valence-electron chi connectivity index (χ0n) is 9.66. The van der Waals surface area contributed by atoms with E-state index in [1.54, 1.807) is 13.0 Å². The quantitative estimate of drug-likeness (QED) is 0.708. The van der Waals surface area contributed by atoms with Crippen LogP contribution >= 0.6 is 0 Å². The van der Waals surface area contributed by atoms with Crippen LogP contribution in [0.4, 0.5) is 0 Å². The minimum atomic E-state index is -1.66. The molecule has 0 aliphatic carbocycles. The fourth-order valence-electron chi connectivity index (χ4n) is 1.33. The zero-order chi connectivity index (χ0) is 12.8. The number of carbonyl (C=O) groups is 1. The maximum absolute atomic E-state index is 11.3. The maximum Gasteiger partial charge on any atom is 0.338 e. The smallest absolute Gasteiger partial charge is 0.338 e. The Morgan fingerprint density at radius 1 is 1.53 bits per heavy atom. The molecule has 0 amide bonds. The van der Waals surface area contributed by atoms with E-state index >= 15 is 0 Å². The van der Waals surface area contributed by atoms with Crippen molar-refractivity contribution in [1.82, 2.24) is 4.98 Å². The van der Waals surface area contributed by atoms with Gasteiger partial charge in [-0.25, -0.2) is 9.78 Å². The first-order valence-electron chi connectivity index (χ1n) is 5.13. The molecule has 17 heavy (non-hydrogen) atoms. The fraction of sp³-hybridized carbons (Fsp3) is 0.455. The van der Waals surface area contributed by atoms with Crippen molar-refractivity contribution in [2.75, 3.05) is 13.7 Å². The van der Waals surface area contributed by atoms with Crippen molar-refractivity contribution in [2.45, 2.75) is 19.1 Å². The van der Waals surface area contributed by atoms with Crippen LogP contribution in [0.15, 0.2) is 18.3 Å². The van der Waals surface area contributed by atoms with Crippen LogP contribution in [0, 0.1) is 0 Å². The molecule has 0 saturated heterocycles. The lowest BCUT2D eigenvalue weighted by molar-refractivity contribution is -0.159. The van der Waals surface area contributed by atoms with Crippen molar-refractivity contribution in [3.63, 3.8) is 0 Å². The second kappa shape index (κ2) is 6.17. The Labute approximate surface area is 98.8 Å². The largest absolute Gasteiger partial charge is 0.481 e. The number of aliphatic hydroxyl groups excluding tert-OH is 2. The first-order chi connectivity index (χ1) is 8.11. The van der Waals surface area contributed by atoms with Gasteiger partial charge in [0, 0.05) is 11.8 Å². The number of nitrogens with zero attached hydrogens (tertiary/aromatic N) is 1. The summed E-state index contributed by atoms with van der Waals surface area (Å²) in [5.74, 6) is -0.728. The molecule has 1 rings (SSSR count). The minimum Gasteiger partial charge on any atom is -0.481 e. The molecule has 6 nitrogen and oxygen atoms in total. The van der Waals surface area contributed by atoms with Gasteiger partial charge in [0.25, 0.3) is 0 Å². The van der Waals surface area contributed by atoms with E-state index in [2.05, 4.69) is 9.72 Å². The lowest BCUT2D eigenvalue weighted by Crippen LogP contribution is -2.30. The average molecular weight is 241 g/mol. The van der Waals surface area contributed by atoms with Crippen LogP contribution in [-0.2, 0) is 9.53 Å². The lowest BCUT2D eigenvalue weighted by atomic mass is 10.1. The number of rotatable bonds is 5. The maximum atomic E-state index is 11.3. The number of hydrogen-bond donors (Lipinski definition) is 2. The number of carbonyl (C=O) groups excluding carboxylic acids is 1. The van der Waals surface area contributed by atoms with Gasteiger partial charge >= 0.3 is 5.97 Å². The highest BCUT2D eigenvalue weighted by atomic mass is 16.5. The van der Waals surface area contributed by atoms with E-state index in [-0.39, 0.29) is 18.1 Å². The Bertz CT molecular complexity index is 382. The molecule has 0 aliphatic rings. The first kappa shape index (κ1) is 13.4. The van der Waals surface area contributed by atoms with Crippen molar-refractivity contribution >= 4 is 5.97 Å². The van der Waals surface area contributed by atoms with Crippen molar-refractivity contribution in [1.29, 1.82) is 0 Å². The molecule has 1 aromatic heterocycles. The molecule has 1 aromatic rings. The third kappa shape index (κ3) is 3.15. The number of aliphatic hydroxyl groups is 2. The summed E-state index contributed by atoms with van der Waals surface area (Å²) in [6, 6.07) is 3.08. The SMILES string of the molecule is CCOC(=O)C(O)C(O)c1cccnc1OC. The van der Waals surface area contributed by atoms with E-state index in [9.17, 15) is 15.0 Å². The number of esters is 1. The van der Waals surface area contributed by atoms with Crippen molar-refractivity contribution in [2.24, 2.45) is 0 Å². The van der Waals surface area contributed by atoms with Gasteiger partial charge < -0.3 is 19.7 Å². The Balaban J connectivity index is 2.88. The Morgan fingerprint density at radius 3 is 2.82 bits per heavy atom. The molecular formula is C11H15NO5. The van der Waals surface area contributed by atoms with Gasteiger partial charge in [0.2, 0.25) is 5.88 Å². The van der Waals surface area contributed by atoms with Gasteiger partial charge in [-0.2, -0.15) is 0 Å². The molecule has 2 N–H and O–H groups in total. The molecule has 0 aromatic carbocycles. The van der Waals surface area contributed by atoms with Gasteiger partial charge in [0.1, 0.15) is 6.10 Å². The molecule has 0 bridgehead atoms. The average Bonchev–Trinajstić information content (AvgIpc) is 2.37. The summed E-state index contributed by atoms with van der Waals surface area (Å²) >= 11 is 0. The van der Waals surface area contributed by atoms with Gasteiger partial charge in [-0.05, 0) is 19.1 Å². The highest BCUT2D eigenvalue weighted by Crippen LogP contribution is 2.25. The Kier molecular flexibility index (Phi) is 4.86. The third-order valence-corrected chi connectivity index (χ3v) is 2.14. The first-order valence-corrected chi connectivity index (χ1v) is 5.13. The predicted molar refractivity (Wildman–Crippen MR) is 58.4 cm³/mol. The van der Waals surface area contributed by atoms with Crippen LogP contribution in [0.2, 0.25) is 0 Å².